The molecule has 6 rings (SSSR count). The van der Waals surface area contributed by atoms with E-state index in [-0.39, 0.29) is 8.67 Å². The van der Waals surface area contributed by atoms with Gasteiger partial charge in [0.1, 0.15) is 11.2 Å². The first-order valence-electron chi connectivity index (χ1n) is 9.62. The maximum absolute atomic E-state index is 6.28. The van der Waals surface area contributed by atoms with Gasteiger partial charge in [-0.3, -0.25) is 0 Å². The molecule has 1 unspecified atom stereocenters. The highest BCUT2D eigenvalue weighted by Gasteiger charge is 2.15. The van der Waals surface area contributed by atoms with Gasteiger partial charge in [0.2, 0.25) is 8.67 Å². The minimum absolute atomic E-state index is 0.0877. The molecule has 29 heavy (non-hydrogen) atoms. The van der Waals surface area contributed by atoms with Gasteiger partial charge in [0, 0.05) is 16.3 Å². The van der Waals surface area contributed by atoms with Crippen LogP contribution in [0.1, 0.15) is 0 Å². The van der Waals surface area contributed by atoms with Crippen LogP contribution in [0.3, 0.4) is 0 Å². The van der Waals surface area contributed by atoms with Crippen molar-refractivity contribution in [3.05, 3.63) is 97.1 Å². The number of hydrogen-bond donors (Lipinski definition) is 0. The molecule has 0 N–H and O–H groups in total. The van der Waals surface area contributed by atoms with E-state index >= 15 is 0 Å². The van der Waals surface area contributed by atoms with Crippen molar-refractivity contribution < 1.29 is 8.39 Å². The zero-order valence-corrected chi connectivity index (χ0v) is 16.6. The lowest BCUT2D eigenvalue weighted by Crippen LogP contribution is -1.84. The summed E-state index contributed by atoms with van der Waals surface area (Å²) in [4.78, 5) is 0. The fraction of sp³-hybridized carbons (Fsp3) is 0. The van der Waals surface area contributed by atoms with Gasteiger partial charge in [-0.1, -0.05) is 84.9 Å². The van der Waals surface area contributed by atoms with Gasteiger partial charge in [-0.2, -0.15) is 0 Å². The van der Waals surface area contributed by atoms with E-state index in [4.69, 9.17) is 8.39 Å². The summed E-state index contributed by atoms with van der Waals surface area (Å²) in [7, 11) is -0.0877. The van der Waals surface area contributed by atoms with E-state index in [1.54, 1.807) is 0 Å². The summed E-state index contributed by atoms with van der Waals surface area (Å²) in [6.07, 6.45) is 0. The zero-order valence-electron chi connectivity index (χ0n) is 15.6. The Morgan fingerprint density at radius 3 is 2.07 bits per heavy atom. The summed E-state index contributed by atoms with van der Waals surface area (Å²) < 4.78 is 12.4. The monoisotopic (exact) mass is 392 g/mol. The van der Waals surface area contributed by atoms with Gasteiger partial charge in [-0.15, -0.1) is 0 Å². The molecule has 6 aromatic rings. The standard InChI is InChI=1S/C26H17O2P/c1-2-8-17(9-3-1)22-16-19-11-5-7-13-21(19)25-24-20-12-6-4-10-18(20)14-15-23(24)27-29-28-26(22)25/h1-16,29H. The van der Waals surface area contributed by atoms with E-state index in [1.165, 1.54) is 21.5 Å². The topological polar surface area (TPSA) is 26.3 Å². The van der Waals surface area contributed by atoms with Crippen LogP contribution in [0.25, 0.3) is 54.6 Å². The van der Waals surface area contributed by atoms with Gasteiger partial charge in [-0.25, -0.2) is 0 Å². The third-order valence-corrected chi connectivity index (χ3v) is 6.11. The van der Waals surface area contributed by atoms with Crippen LogP contribution in [-0.2, 0) is 0 Å². The first-order valence-corrected chi connectivity index (χ1v) is 10.4. The van der Waals surface area contributed by atoms with E-state index in [2.05, 4.69) is 91.0 Å². The van der Waals surface area contributed by atoms with Crippen molar-refractivity contribution in [2.75, 3.05) is 0 Å². The molecule has 3 heteroatoms. The molecule has 0 aliphatic carbocycles. The molecule has 138 valence electrons. The highest BCUT2D eigenvalue weighted by Crippen LogP contribution is 2.41. The second-order valence-electron chi connectivity index (χ2n) is 7.16. The Labute approximate surface area is 169 Å². The molecule has 0 fully saturated rings. The van der Waals surface area contributed by atoms with Crippen molar-refractivity contribution in [2.45, 2.75) is 0 Å². The molecule has 0 amide bonds. The third kappa shape index (κ3) is 2.57. The predicted octanol–water partition coefficient (Wildman–Crippen LogP) is 8.31. The summed E-state index contributed by atoms with van der Waals surface area (Å²) in [5.74, 6) is 0. The average Bonchev–Trinajstić information content (AvgIpc) is 2.99. The van der Waals surface area contributed by atoms with Crippen LogP contribution in [0.2, 0.25) is 0 Å². The largest absolute Gasteiger partial charge is 0.421 e. The molecule has 0 aliphatic heterocycles. The summed E-state index contributed by atoms with van der Waals surface area (Å²) in [5.41, 5.74) is 4.00. The van der Waals surface area contributed by atoms with Gasteiger partial charge >= 0.3 is 0 Å². The minimum Gasteiger partial charge on any atom is -0.421 e. The van der Waals surface area contributed by atoms with Crippen LogP contribution < -0.4 is 0 Å². The molecule has 0 saturated heterocycles. The maximum Gasteiger partial charge on any atom is 0.201 e. The number of rotatable bonds is 1. The van der Waals surface area contributed by atoms with Crippen LogP contribution in [-0.4, -0.2) is 0 Å². The van der Waals surface area contributed by atoms with Crippen molar-refractivity contribution >= 4 is 52.2 Å². The Balaban J connectivity index is 1.97. The number of hydrogen-bond acceptors (Lipinski definition) is 2. The Hall–Kier alpha value is -3.48. The molecule has 1 aromatic heterocycles. The lowest BCUT2D eigenvalue weighted by molar-refractivity contribution is 0.663. The van der Waals surface area contributed by atoms with Crippen LogP contribution >= 0.6 is 8.67 Å². The quantitative estimate of drug-likeness (QED) is 0.281. The van der Waals surface area contributed by atoms with E-state index in [0.29, 0.717) is 0 Å². The highest BCUT2D eigenvalue weighted by atomic mass is 31.1. The number of fused-ring (bicyclic) bond motifs is 7. The van der Waals surface area contributed by atoms with Gasteiger partial charge < -0.3 is 8.39 Å². The summed E-state index contributed by atoms with van der Waals surface area (Å²) in [6, 6.07) is 33.8. The molecule has 0 aliphatic rings. The Morgan fingerprint density at radius 2 is 1.24 bits per heavy atom. The Morgan fingerprint density at radius 1 is 0.552 bits per heavy atom. The lowest BCUT2D eigenvalue weighted by atomic mass is 9.94. The van der Waals surface area contributed by atoms with Gasteiger partial charge in [0.25, 0.3) is 0 Å². The SMILES string of the molecule is c1ccc(-c2cc3ccccc3c3c2o[pH]oc2ccc4ccccc4c23)cc1. The smallest absolute Gasteiger partial charge is 0.201 e. The van der Waals surface area contributed by atoms with E-state index in [9.17, 15) is 0 Å². The van der Waals surface area contributed by atoms with Gasteiger partial charge in [0.05, 0.1) is 0 Å². The Kier molecular flexibility index (Phi) is 3.72. The second-order valence-corrected chi connectivity index (χ2v) is 7.74. The van der Waals surface area contributed by atoms with Crippen molar-refractivity contribution in [3.8, 4) is 11.1 Å². The maximum atomic E-state index is 6.28. The van der Waals surface area contributed by atoms with E-state index in [1.807, 2.05) is 6.07 Å². The lowest BCUT2D eigenvalue weighted by Gasteiger charge is -2.10. The van der Waals surface area contributed by atoms with Crippen LogP contribution in [0.4, 0.5) is 0 Å². The van der Waals surface area contributed by atoms with Crippen molar-refractivity contribution in [1.82, 2.24) is 0 Å². The summed E-state index contributed by atoms with van der Waals surface area (Å²) >= 11 is 0. The van der Waals surface area contributed by atoms with Crippen molar-refractivity contribution in [1.29, 1.82) is 0 Å². The molecule has 0 bridgehead atoms. The van der Waals surface area contributed by atoms with Crippen LogP contribution in [0, 0.1) is 0 Å². The fourth-order valence-electron chi connectivity index (χ4n) is 4.22. The first kappa shape index (κ1) is 16.5. The van der Waals surface area contributed by atoms with Crippen LogP contribution in [0.15, 0.2) is 105 Å². The average molecular weight is 392 g/mol. The summed E-state index contributed by atoms with van der Waals surface area (Å²) in [5, 5.41) is 6.96. The molecule has 1 heterocycles. The van der Waals surface area contributed by atoms with Crippen molar-refractivity contribution in [3.63, 3.8) is 0 Å². The summed E-state index contributed by atoms with van der Waals surface area (Å²) in [6.45, 7) is 0. The molecule has 0 spiro atoms. The molecular formula is C26H17O2P. The predicted molar refractivity (Wildman–Crippen MR) is 124 cm³/mol. The third-order valence-electron chi connectivity index (χ3n) is 5.52. The molecule has 1 atom stereocenters. The fourth-order valence-corrected chi connectivity index (χ4v) is 4.81. The Bertz CT molecular complexity index is 1550. The minimum atomic E-state index is -0.0877. The van der Waals surface area contributed by atoms with E-state index < -0.39 is 0 Å². The van der Waals surface area contributed by atoms with Gasteiger partial charge in [-0.05, 0) is 39.2 Å². The highest BCUT2D eigenvalue weighted by molar-refractivity contribution is 7.15. The normalized spacial score (nSPS) is 11.7. The molecule has 0 saturated carbocycles. The van der Waals surface area contributed by atoms with E-state index in [0.717, 1.165) is 33.1 Å². The molecule has 0 radical (unpaired) electrons. The van der Waals surface area contributed by atoms with Crippen molar-refractivity contribution in [2.24, 2.45) is 0 Å². The zero-order chi connectivity index (χ0) is 19.2. The van der Waals surface area contributed by atoms with Gasteiger partial charge in [0.15, 0.2) is 0 Å². The second kappa shape index (κ2) is 6.55. The molecular weight excluding hydrogens is 375 g/mol. The molecule has 2 nitrogen and oxygen atoms in total. The molecule has 5 aromatic carbocycles. The van der Waals surface area contributed by atoms with Crippen LogP contribution in [0.5, 0.6) is 0 Å². The number of benzene rings is 5. The first-order chi connectivity index (χ1) is 14.4.